The Labute approximate surface area is 195 Å². The standard InChI is InChI=1S/C26H22N2O6/c1-14(2)17-11-12-18-21(13-17)34-26(31)19-5-4-6-20(28(32)33)22(19)23(29)25(18,26)27-24(30)16-9-7-15(3)8-10-16/h4-14,31H,1-3H3,(H,27,30). The monoisotopic (exact) mass is 458 g/mol. The van der Waals surface area contributed by atoms with Gasteiger partial charge in [-0.15, -0.1) is 0 Å². The van der Waals surface area contributed by atoms with E-state index in [9.17, 15) is 24.8 Å². The van der Waals surface area contributed by atoms with Crippen LogP contribution in [0.4, 0.5) is 5.69 Å². The quantitative estimate of drug-likeness (QED) is 0.449. The van der Waals surface area contributed by atoms with Crippen LogP contribution in [0.5, 0.6) is 5.75 Å². The van der Waals surface area contributed by atoms with Crippen LogP contribution in [0.2, 0.25) is 0 Å². The zero-order chi connectivity index (χ0) is 24.4. The molecule has 0 bridgehead atoms. The van der Waals surface area contributed by atoms with E-state index in [4.69, 9.17) is 4.74 Å². The highest BCUT2D eigenvalue weighted by Gasteiger charge is 2.73. The molecule has 2 aliphatic rings. The molecular weight excluding hydrogens is 436 g/mol. The second-order valence-electron chi connectivity index (χ2n) is 9.01. The molecule has 0 saturated carbocycles. The smallest absolute Gasteiger partial charge is 0.280 e. The topological polar surface area (TPSA) is 119 Å². The second-order valence-corrected chi connectivity index (χ2v) is 9.01. The first-order valence-electron chi connectivity index (χ1n) is 10.9. The van der Waals surface area contributed by atoms with E-state index in [1.54, 1.807) is 42.5 Å². The molecule has 8 nitrogen and oxygen atoms in total. The van der Waals surface area contributed by atoms with Crippen molar-refractivity contribution >= 4 is 17.4 Å². The number of hydrogen-bond acceptors (Lipinski definition) is 6. The average molecular weight is 458 g/mol. The van der Waals surface area contributed by atoms with Crippen LogP contribution >= 0.6 is 0 Å². The maximum atomic E-state index is 14.0. The van der Waals surface area contributed by atoms with Crippen molar-refractivity contribution in [1.29, 1.82) is 0 Å². The largest absolute Gasteiger partial charge is 0.454 e. The summed E-state index contributed by atoms with van der Waals surface area (Å²) < 4.78 is 6.00. The number of ketones is 1. The minimum Gasteiger partial charge on any atom is -0.454 e. The summed E-state index contributed by atoms with van der Waals surface area (Å²) in [7, 11) is 0. The van der Waals surface area contributed by atoms with E-state index in [0.29, 0.717) is 0 Å². The van der Waals surface area contributed by atoms with Gasteiger partial charge in [-0.05, 0) is 36.6 Å². The molecule has 1 amide bonds. The van der Waals surface area contributed by atoms with Crippen molar-refractivity contribution in [3.8, 4) is 5.75 Å². The van der Waals surface area contributed by atoms with Crippen LogP contribution in [0.25, 0.3) is 0 Å². The first-order valence-corrected chi connectivity index (χ1v) is 10.9. The zero-order valence-corrected chi connectivity index (χ0v) is 18.8. The highest BCUT2D eigenvalue weighted by molar-refractivity contribution is 6.15. The van der Waals surface area contributed by atoms with Crippen LogP contribution in [0.1, 0.15) is 62.7 Å². The maximum absolute atomic E-state index is 14.0. The Morgan fingerprint density at radius 3 is 2.44 bits per heavy atom. The Bertz CT molecular complexity index is 1380. The predicted molar refractivity (Wildman–Crippen MR) is 123 cm³/mol. The zero-order valence-electron chi connectivity index (χ0n) is 18.8. The molecule has 5 rings (SSSR count). The fraction of sp³-hybridized carbons (Fsp3) is 0.231. The number of carbonyl (C=O) groups is 2. The molecule has 172 valence electrons. The summed E-state index contributed by atoms with van der Waals surface area (Å²) in [6.45, 7) is 5.86. The molecule has 3 aromatic carbocycles. The summed E-state index contributed by atoms with van der Waals surface area (Å²) in [5, 5.41) is 26.4. The number of nitrogens with one attached hydrogen (secondary N) is 1. The van der Waals surface area contributed by atoms with Gasteiger partial charge in [0.15, 0.2) is 0 Å². The van der Waals surface area contributed by atoms with Crippen LogP contribution in [0.15, 0.2) is 60.7 Å². The molecule has 3 aromatic rings. The lowest BCUT2D eigenvalue weighted by Gasteiger charge is -2.34. The molecule has 8 heteroatoms. The van der Waals surface area contributed by atoms with Gasteiger partial charge in [-0.1, -0.05) is 55.8 Å². The molecule has 1 aliphatic heterocycles. The Hall–Kier alpha value is -4.04. The third kappa shape index (κ3) is 2.75. The second kappa shape index (κ2) is 7.23. The number of aryl methyl sites for hydroxylation is 1. The minimum absolute atomic E-state index is 0.0572. The molecule has 0 spiro atoms. The van der Waals surface area contributed by atoms with Gasteiger partial charge < -0.3 is 15.2 Å². The summed E-state index contributed by atoms with van der Waals surface area (Å²) in [5.74, 6) is -3.39. The van der Waals surface area contributed by atoms with Crippen molar-refractivity contribution in [2.24, 2.45) is 0 Å². The van der Waals surface area contributed by atoms with Crippen LogP contribution in [0.3, 0.4) is 0 Å². The summed E-state index contributed by atoms with van der Waals surface area (Å²) in [6, 6.07) is 15.9. The first kappa shape index (κ1) is 21.8. The van der Waals surface area contributed by atoms with E-state index in [1.807, 2.05) is 20.8 Å². The highest BCUT2D eigenvalue weighted by atomic mass is 16.6. The molecule has 2 N–H and O–H groups in total. The minimum atomic E-state index is -2.36. The lowest BCUT2D eigenvalue weighted by atomic mass is 9.82. The van der Waals surface area contributed by atoms with Crippen LogP contribution in [0, 0.1) is 17.0 Å². The third-order valence-corrected chi connectivity index (χ3v) is 6.63. The van der Waals surface area contributed by atoms with Crippen molar-refractivity contribution < 1.29 is 24.4 Å². The van der Waals surface area contributed by atoms with E-state index in [1.165, 1.54) is 18.2 Å². The maximum Gasteiger partial charge on any atom is 0.280 e. The number of nitro benzene ring substituents is 1. The number of nitrogens with zero attached hydrogens (tertiary/aromatic N) is 1. The van der Waals surface area contributed by atoms with E-state index in [0.717, 1.165) is 11.1 Å². The van der Waals surface area contributed by atoms with Crippen molar-refractivity contribution in [2.45, 2.75) is 38.0 Å². The van der Waals surface area contributed by atoms with Crippen molar-refractivity contribution in [1.82, 2.24) is 5.32 Å². The number of rotatable bonds is 4. The number of nitro groups is 1. The van der Waals surface area contributed by atoms with Gasteiger partial charge in [-0.2, -0.15) is 0 Å². The highest BCUT2D eigenvalue weighted by Crippen LogP contribution is 2.59. The van der Waals surface area contributed by atoms with Gasteiger partial charge in [0.25, 0.3) is 17.4 Å². The first-order chi connectivity index (χ1) is 16.1. The molecule has 0 radical (unpaired) electrons. The van der Waals surface area contributed by atoms with Gasteiger partial charge in [0.05, 0.1) is 4.92 Å². The Balaban J connectivity index is 1.74. The number of carbonyl (C=O) groups excluding carboxylic acids is 2. The summed E-state index contributed by atoms with van der Waals surface area (Å²) >= 11 is 0. The fourth-order valence-electron chi connectivity index (χ4n) is 4.80. The number of aliphatic hydroxyl groups is 1. The molecule has 0 saturated heterocycles. The molecule has 2 unspecified atom stereocenters. The SMILES string of the molecule is Cc1ccc(C(=O)NC23C(=O)c4c([N+](=O)[O-])cccc4C2(O)Oc2cc(C(C)C)ccc23)cc1. The number of benzene rings is 3. The van der Waals surface area contributed by atoms with E-state index in [-0.39, 0.29) is 33.9 Å². The number of hydrogen-bond donors (Lipinski definition) is 2. The van der Waals surface area contributed by atoms with Gasteiger partial charge in [0, 0.05) is 22.8 Å². The fourth-order valence-corrected chi connectivity index (χ4v) is 4.80. The average Bonchev–Trinajstić information content (AvgIpc) is 3.16. The van der Waals surface area contributed by atoms with Gasteiger partial charge in [0.2, 0.25) is 11.3 Å². The van der Waals surface area contributed by atoms with Gasteiger partial charge >= 0.3 is 0 Å². The number of fused-ring (bicyclic) bond motifs is 5. The summed E-state index contributed by atoms with van der Waals surface area (Å²) in [6.07, 6.45) is 0. The molecule has 0 fully saturated rings. The van der Waals surface area contributed by atoms with Crippen molar-refractivity contribution in [3.05, 3.63) is 104 Å². The summed E-state index contributed by atoms with van der Waals surface area (Å²) in [4.78, 5) is 38.3. The Morgan fingerprint density at radius 2 is 1.79 bits per heavy atom. The molecule has 1 heterocycles. The predicted octanol–water partition coefficient (Wildman–Crippen LogP) is 4.09. The number of ether oxygens (including phenoxy) is 1. The van der Waals surface area contributed by atoms with E-state index < -0.39 is 33.6 Å². The van der Waals surface area contributed by atoms with E-state index in [2.05, 4.69) is 5.32 Å². The van der Waals surface area contributed by atoms with Crippen LogP contribution in [-0.2, 0) is 11.3 Å². The lowest BCUT2D eigenvalue weighted by Crippen LogP contribution is -2.60. The molecule has 2 atom stereocenters. The van der Waals surface area contributed by atoms with Crippen molar-refractivity contribution in [3.63, 3.8) is 0 Å². The molecule has 34 heavy (non-hydrogen) atoms. The lowest BCUT2D eigenvalue weighted by molar-refractivity contribution is -0.385. The van der Waals surface area contributed by atoms with Crippen LogP contribution < -0.4 is 10.1 Å². The normalized spacial score (nSPS) is 22.1. The number of Topliss-reactive ketones (excluding diaryl/α,β-unsaturated/α-hetero) is 1. The Morgan fingerprint density at radius 1 is 1.09 bits per heavy atom. The molecule has 1 aliphatic carbocycles. The van der Waals surface area contributed by atoms with Gasteiger partial charge in [-0.25, -0.2) is 0 Å². The molecule has 0 aromatic heterocycles. The van der Waals surface area contributed by atoms with Crippen LogP contribution in [-0.4, -0.2) is 21.7 Å². The molecular formula is C26H22N2O6. The van der Waals surface area contributed by atoms with Gasteiger partial charge in [0.1, 0.15) is 11.3 Å². The number of amides is 1. The third-order valence-electron chi connectivity index (χ3n) is 6.63. The Kier molecular flexibility index (Phi) is 4.63. The van der Waals surface area contributed by atoms with E-state index >= 15 is 0 Å². The van der Waals surface area contributed by atoms with Crippen molar-refractivity contribution in [2.75, 3.05) is 0 Å². The summed E-state index contributed by atoms with van der Waals surface area (Å²) in [5.41, 5.74) is -0.512. The van der Waals surface area contributed by atoms with Gasteiger partial charge in [-0.3, -0.25) is 19.7 Å².